The summed E-state index contributed by atoms with van der Waals surface area (Å²) in [4.78, 5) is 14.3. The third kappa shape index (κ3) is 1.04. The van der Waals surface area contributed by atoms with Crippen LogP contribution in [0.2, 0.25) is 0 Å². The molecule has 2 rings (SSSR count). The number of fused-ring (bicyclic) bond motifs is 1. The van der Waals surface area contributed by atoms with E-state index in [1.54, 1.807) is 12.3 Å². The van der Waals surface area contributed by atoms with Crippen LogP contribution in [0.5, 0.6) is 0 Å². The van der Waals surface area contributed by atoms with Crippen molar-refractivity contribution in [2.75, 3.05) is 0 Å². The summed E-state index contributed by atoms with van der Waals surface area (Å²) < 4.78 is 5.89. The zero-order chi connectivity index (χ0) is 8.55. The zero-order valence-corrected chi connectivity index (χ0v) is 7.54. The Balaban J connectivity index is 2.79. The van der Waals surface area contributed by atoms with E-state index in [0.717, 1.165) is 16.1 Å². The van der Waals surface area contributed by atoms with Crippen molar-refractivity contribution in [1.29, 1.82) is 0 Å². The molecule has 0 amide bonds. The van der Waals surface area contributed by atoms with Gasteiger partial charge in [-0.1, -0.05) is 0 Å². The van der Waals surface area contributed by atoms with Crippen LogP contribution in [0.3, 0.4) is 0 Å². The second-order valence-electron chi connectivity index (χ2n) is 2.32. The lowest BCUT2D eigenvalue weighted by Crippen LogP contribution is -1.81. The molecule has 0 bridgehead atoms. The van der Waals surface area contributed by atoms with Gasteiger partial charge in [0.1, 0.15) is 6.26 Å². The monoisotopic (exact) mass is 225 g/mol. The number of hydrogen-bond acceptors (Lipinski definition) is 3. The van der Waals surface area contributed by atoms with E-state index in [1.807, 2.05) is 0 Å². The van der Waals surface area contributed by atoms with Gasteiger partial charge in [-0.15, -0.1) is 0 Å². The van der Waals surface area contributed by atoms with E-state index in [-0.39, 0.29) is 0 Å². The summed E-state index contributed by atoms with van der Waals surface area (Å²) in [6.07, 6.45) is 3.78. The normalized spacial score (nSPS) is 10.4. The van der Waals surface area contributed by atoms with Crippen molar-refractivity contribution in [2.24, 2.45) is 0 Å². The molecule has 0 fully saturated rings. The second-order valence-corrected chi connectivity index (χ2v) is 3.18. The fourth-order valence-corrected chi connectivity index (χ4v) is 1.35. The highest BCUT2D eigenvalue weighted by atomic mass is 79.9. The van der Waals surface area contributed by atoms with Crippen LogP contribution in [0, 0.1) is 0 Å². The average molecular weight is 226 g/mol. The summed E-state index contributed by atoms with van der Waals surface area (Å²) in [6, 6.07) is 1.73. The smallest absolute Gasteiger partial charge is 0.227 e. The first kappa shape index (κ1) is 7.49. The van der Waals surface area contributed by atoms with Gasteiger partial charge >= 0.3 is 0 Å². The third-order valence-electron chi connectivity index (χ3n) is 1.54. The molecule has 0 unspecified atom stereocenters. The number of hydrogen-bond donors (Lipinski definition) is 0. The Morgan fingerprint density at radius 3 is 3.17 bits per heavy atom. The largest absolute Gasteiger partial charge is 0.445 e. The standard InChI is InChI=1S/C8H4BrNO2/c9-7-4-12-8-6(7)1-5(3-11)2-10-8/h1-4H. The maximum atomic E-state index is 10.4. The fourth-order valence-electron chi connectivity index (χ4n) is 0.969. The molecule has 0 radical (unpaired) electrons. The molecule has 4 heteroatoms. The van der Waals surface area contributed by atoms with Crippen LogP contribution in [0.25, 0.3) is 11.1 Å². The van der Waals surface area contributed by atoms with Crippen molar-refractivity contribution in [3.05, 3.63) is 28.6 Å². The van der Waals surface area contributed by atoms with E-state index in [0.29, 0.717) is 11.3 Å². The first-order chi connectivity index (χ1) is 5.81. The van der Waals surface area contributed by atoms with Gasteiger partial charge in [0.05, 0.1) is 9.86 Å². The topological polar surface area (TPSA) is 43.1 Å². The van der Waals surface area contributed by atoms with Crippen LogP contribution in [-0.4, -0.2) is 11.3 Å². The minimum absolute atomic E-state index is 0.535. The van der Waals surface area contributed by atoms with Crippen molar-refractivity contribution >= 4 is 33.3 Å². The average Bonchev–Trinajstić information content (AvgIpc) is 2.47. The minimum atomic E-state index is 0.535. The summed E-state index contributed by atoms with van der Waals surface area (Å²) in [6.45, 7) is 0. The lowest BCUT2D eigenvalue weighted by molar-refractivity contribution is 0.112. The summed E-state index contributed by atoms with van der Waals surface area (Å²) in [5.41, 5.74) is 1.08. The van der Waals surface area contributed by atoms with E-state index in [1.165, 1.54) is 6.20 Å². The van der Waals surface area contributed by atoms with Gasteiger partial charge in [-0.2, -0.15) is 0 Å². The molecule has 12 heavy (non-hydrogen) atoms. The number of furan rings is 1. The molecule has 0 N–H and O–H groups in total. The van der Waals surface area contributed by atoms with E-state index < -0.39 is 0 Å². The number of halogens is 1. The van der Waals surface area contributed by atoms with Crippen LogP contribution in [-0.2, 0) is 0 Å². The Bertz CT molecular complexity index is 436. The highest BCUT2D eigenvalue weighted by Crippen LogP contribution is 2.24. The number of rotatable bonds is 1. The molecule has 3 nitrogen and oxygen atoms in total. The van der Waals surface area contributed by atoms with E-state index in [4.69, 9.17) is 4.42 Å². The number of aldehydes is 1. The Morgan fingerprint density at radius 2 is 2.42 bits per heavy atom. The summed E-state index contributed by atoms with van der Waals surface area (Å²) >= 11 is 3.28. The summed E-state index contributed by atoms with van der Waals surface area (Å²) in [7, 11) is 0. The van der Waals surface area contributed by atoms with Gasteiger partial charge in [-0.25, -0.2) is 4.98 Å². The second kappa shape index (κ2) is 2.71. The Hall–Kier alpha value is -1.16. The SMILES string of the molecule is O=Cc1cnc2occ(Br)c2c1. The lowest BCUT2D eigenvalue weighted by Gasteiger charge is -1.89. The summed E-state index contributed by atoms with van der Waals surface area (Å²) in [5.74, 6) is 0. The van der Waals surface area contributed by atoms with Gasteiger partial charge in [-0.05, 0) is 22.0 Å². The molecule has 0 aromatic carbocycles. The molecule has 2 aromatic rings. The van der Waals surface area contributed by atoms with Crippen LogP contribution >= 0.6 is 15.9 Å². The predicted octanol–water partition coefficient (Wildman–Crippen LogP) is 2.40. The molecular formula is C8H4BrNO2. The zero-order valence-electron chi connectivity index (χ0n) is 5.95. The lowest BCUT2D eigenvalue weighted by atomic mass is 10.2. The molecule has 2 heterocycles. The highest BCUT2D eigenvalue weighted by molar-refractivity contribution is 9.10. The molecule has 0 aliphatic rings. The fraction of sp³-hybridized carbons (Fsp3) is 0. The van der Waals surface area contributed by atoms with Gasteiger partial charge in [0, 0.05) is 11.8 Å². The van der Waals surface area contributed by atoms with Crippen molar-refractivity contribution in [2.45, 2.75) is 0 Å². The summed E-state index contributed by atoms with van der Waals surface area (Å²) in [5, 5.41) is 0.819. The van der Waals surface area contributed by atoms with Crippen molar-refractivity contribution in [3.63, 3.8) is 0 Å². The maximum Gasteiger partial charge on any atom is 0.227 e. The Morgan fingerprint density at radius 1 is 1.58 bits per heavy atom. The first-order valence-electron chi connectivity index (χ1n) is 3.29. The minimum Gasteiger partial charge on any atom is -0.445 e. The predicted molar refractivity (Wildman–Crippen MR) is 47.1 cm³/mol. The third-order valence-corrected chi connectivity index (χ3v) is 2.15. The Labute approximate surface area is 76.5 Å². The van der Waals surface area contributed by atoms with Crippen molar-refractivity contribution in [1.82, 2.24) is 4.98 Å². The number of carbonyl (C=O) groups is 1. The molecule has 0 spiro atoms. The van der Waals surface area contributed by atoms with Gasteiger partial charge in [-0.3, -0.25) is 4.79 Å². The van der Waals surface area contributed by atoms with E-state index in [2.05, 4.69) is 20.9 Å². The molecule has 0 aliphatic heterocycles. The number of pyridine rings is 1. The van der Waals surface area contributed by atoms with Gasteiger partial charge in [0.2, 0.25) is 5.71 Å². The van der Waals surface area contributed by atoms with Gasteiger partial charge < -0.3 is 4.42 Å². The molecule has 2 aromatic heterocycles. The molecule has 60 valence electrons. The highest BCUT2D eigenvalue weighted by Gasteiger charge is 2.04. The van der Waals surface area contributed by atoms with Crippen LogP contribution < -0.4 is 0 Å². The van der Waals surface area contributed by atoms with E-state index >= 15 is 0 Å². The molecule has 0 saturated heterocycles. The molecule has 0 saturated carbocycles. The Kier molecular flexibility index (Phi) is 1.69. The van der Waals surface area contributed by atoms with Crippen LogP contribution in [0.15, 0.2) is 27.4 Å². The first-order valence-corrected chi connectivity index (χ1v) is 4.08. The molecule has 0 atom stereocenters. The molecule has 0 aliphatic carbocycles. The number of carbonyl (C=O) groups excluding carboxylic acids is 1. The van der Waals surface area contributed by atoms with Crippen LogP contribution in [0.4, 0.5) is 0 Å². The molecular weight excluding hydrogens is 222 g/mol. The maximum absolute atomic E-state index is 10.4. The number of aromatic nitrogens is 1. The van der Waals surface area contributed by atoms with Crippen molar-refractivity contribution < 1.29 is 9.21 Å². The van der Waals surface area contributed by atoms with Crippen LogP contribution in [0.1, 0.15) is 10.4 Å². The quantitative estimate of drug-likeness (QED) is 0.701. The number of nitrogens with zero attached hydrogens (tertiary/aromatic N) is 1. The van der Waals surface area contributed by atoms with Gasteiger partial charge in [0.15, 0.2) is 6.29 Å². The van der Waals surface area contributed by atoms with Crippen molar-refractivity contribution in [3.8, 4) is 0 Å². The van der Waals surface area contributed by atoms with Gasteiger partial charge in [0.25, 0.3) is 0 Å². The van der Waals surface area contributed by atoms with E-state index in [9.17, 15) is 4.79 Å².